The number of nitrogens with one attached hydrogen (secondary N) is 2. The van der Waals surface area contributed by atoms with Gasteiger partial charge in [0, 0.05) is 32.2 Å². The third kappa shape index (κ3) is 10.7. The minimum absolute atomic E-state index is 0. The Morgan fingerprint density at radius 1 is 1.22 bits per heavy atom. The van der Waals surface area contributed by atoms with Gasteiger partial charge >= 0.3 is 0 Å². The summed E-state index contributed by atoms with van der Waals surface area (Å²) in [6, 6.07) is 0.793. The number of nitrogens with zero attached hydrogens (tertiary/aromatic N) is 2. The Hall–Kier alpha value is 0.310. The van der Waals surface area contributed by atoms with Gasteiger partial charge < -0.3 is 10.6 Å². The number of likely N-dealkylation sites (tertiary alicyclic amines) is 1. The molecule has 4 nitrogen and oxygen atoms in total. The van der Waals surface area contributed by atoms with Crippen LogP contribution in [0.2, 0.25) is 0 Å². The van der Waals surface area contributed by atoms with Crippen molar-refractivity contribution in [2.24, 2.45) is 4.99 Å². The number of piperidine rings is 1. The summed E-state index contributed by atoms with van der Waals surface area (Å²) < 4.78 is 0. The first kappa shape index (κ1) is 23.3. The van der Waals surface area contributed by atoms with E-state index in [4.69, 9.17) is 0 Å². The predicted molar refractivity (Wildman–Crippen MR) is 117 cm³/mol. The quantitative estimate of drug-likeness (QED) is 0.228. The van der Waals surface area contributed by atoms with Gasteiger partial charge in [-0.3, -0.25) is 9.89 Å². The van der Waals surface area contributed by atoms with Gasteiger partial charge in [0.25, 0.3) is 0 Å². The van der Waals surface area contributed by atoms with Gasteiger partial charge in [0.15, 0.2) is 5.96 Å². The van der Waals surface area contributed by atoms with Crippen molar-refractivity contribution in [2.45, 2.75) is 58.4 Å². The molecule has 1 unspecified atom stereocenters. The maximum absolute atomic E-state index is 4.67. The zero-order valence-corrected chi connectivity index (χ0v) is 18.4. The molecule has 2 N–H and O–H groups in total. The number of guanidine groups is 1. The van der Waals surface area contributed by atoms with Gasteiger partial charge in [0.05, 0.1) is 0 Å². The molecule has 0 aliphatic carbocycles. The van der Waals surface area contributed by atoms with Gasteiger partial charge in [-0.2, -0.15) is 11.8 Å². The van der Waals surface area contributed by atoms with Gasteiger partial charge in [-0.25, -0.2) is 0 Å². The van der Waals surface area contributed by atoms with E-state index in [9.17, 15) is 0 Å². The van der Waals surface area contributed by atoms with Crippen molar-refractivity contribution < 1.29 is 0 Å². The minimum Gasteiger partial charge on any atom is -0.357 e. The van der Waals surface area contributed by atoms with E-state index in [0.29, 0.717) is 0 Å². The van der Waals surface area contributed by atoms with Crippen LogP contribution in [0.3, 0.4) is 0 Å². The number of unbranched alkanes of at least 4 members (excludes halogenated alkanes) is 1. The average Bonchev–Trinajstić information content (AvgIpc) is 2.55. The Morgan fingerprint density at radius 2 is 2.04 bits per heavy atom. The number of hydrogen-bond acceptors (Lipinski definition) is 3. The molecular weight excluding hydrogens is 419 g/mol. The van der Waals surface area contributed by atoms with E-state index in [2.05, 4.69) is 40.6 Å². The SMILES string of the molecule is CCNC(=NCCCCSC)NCCN1CCCCC1CC.I. The Labute approximate surface area is 165 Å². The van der Waals surface area contributed by atoms with Crippen molar-refractivity contribution in [3.05, 3.63) is 0 Å². The van der Waals surface area contributed by atoms with E-state index in [0.717, 1.165) is 38.2 Å². The minimum atomic E-state index is 0. The van der Waals surface area contributed by atoms with Crippen LogP contribution in [-0.2, 0) is 0 Å². The molecular formula is C17H37IN4S. The van der Waals surface area contributed by atoms with Gasteiger partial charge in [-0.15, -0.1) is 24.0 Å². The Balaban J connectivity index is 0.00000484. The molecule has 0 radical (unpaired) electrons. The first-order chi connectivity index (χ1) is 10.8. The van der Waals surface area contributed by atoms with Crippen LogP contribution in [0.5, 0.6) is 0 Å². The molecule has 23 heavy (non-hydrogen) atoms. The lowest BCUT2D eigenvalue weighted by molar-refractivity contribution is 0.147. The Kier molecular flexibility index (Phi) is 16.0. The second-order valence-corrected chi connectivity index (χ2v) is 6.97. The lowest BCUT2D eigenvalue weighted by Crippen LogP contribution is -2.46. The summed E-state index contributed by atoms with van der Waals surface area (Å²) in [5, 5.41) is 6.85. The zero-order chi connectivity index (χ0) is 16.0. The van der Waals surface area contributed by atoms with Crippen molar-refractivity contribution in [1.29, 1.82) is 0 Å². The van der Waals surface area contributed by atoms with Crippen molar-refractivity contribution in [2.75, 3.05) is 44.7 Å². The van der Waals surface area contributed by atoms with Gasteiger partial charge in [-0.05, 0) is 57.6 Å². The summed E-state index contributed by atoms with van der Waals surface area (Å²) in [5.74, 6) is 2.23. The van der Waals surface area contributed by atoms with Crippen LogP contribution >= 0.6 is 35.7 Å². The summed E-state index contributed by atoms with van der Waals surface area (Å²) in [6.45, 7) is 9.69. The Morgan fingerprint density at radius 3 is 2.74 bits per heavy atom. The third-order valence-corrected chi connectivity index (χ3v) is 4.98. The predicted octanol–water partition coefficient (Wildman–Crippen LogP) is 3.57. The molecule has 0 saturated carbocycles. The molecule has 1 fully saturated rings. The fourth-order valence-corrected chi connectivity index (χ4v) is 3.52. The number of aliphatic imine (C=N–C) groups is 1. The smallest absolute Gasteiger partial charge is 0.191 e. The normalized spacial score (nSPS) is 19.3. The first-order valence-corrected chi connectivity index (χ1v) is 10.5. The molecule has 0 aromatic heterocycles. The highest BCUT2D eigenvalue weighted by Gasteiger charge is 2.19. The second kappa shape index (κ2) is 15.8. The molecule has 0 amide bonds. The number of hydrogen-bond donors (Lipinski definition) is 2. The maximum atomic E-state index is 4.67. The topological polar surface area (TPSA) is 39.7 Å². The summed E-state index contributed by atoms with van der Waals surface area (Å²) in [6.07, 6.45) is 10.0. The molecule has 0 aromatic carbocycles. The summed E-state index contributed by atoms with van der Waals surface area (Å²) in [7, 11) is 0. The molecule has 1 heterocycles. The van der Waals surface area contributed by atoms with E-state index in [1.54, 1.807) is 0 Å². The van der Waals surface area contributed by atoms with Gasteiger partial charge in [0.1, 0.15) is 0 Å². The highest BCUT2D eigenvalue weighted by Crippen LogP contribution is 2.18. The van der Waals surface area contributed by atoms with Crippen LogP contribution in [0.15, 0.2) is 4.99 Å². The molecule has 0 aromatic rings. The lowest BCUT2D eigenvalue weighted by Gasteiger charge is -2.35. The van der Waals surface area contributed by atoms with Crippen molar-refractivity contribution in [3.8, 4) is 0 Å². The highest BCUT2D eigenvalue weighted by atomic mass is 127. The summed E-state index contributed by atoms with van der Waals surface area (Å²) in [5.41, 5.74) is 0. The number of thioether (sulfide) groups is 1. The second-order valence-electron chi connectivity index (χ2n) is 5.98. The van der Waals surface area contributed by atoms with E-state index in [1.807, 2.05) is 11.8 Å². The van der Waals surface area contributed by atoms with Crippen LogP contribution in [0.25, 0.3) is 0 Å². The third-order valence-electron chi connectivity index (χ3n) is 4.28. The highest BCUT2D eigenvalue weighted by molar-refractivity contribution is 14.0. The van der Waals surface area contributed by atoms with Crippen molar-refractivity contribution in [3.63, 3.8) is 0 Å². The average molecular weight is 456 g/mol. The summed E-state index contributed by atoms with van der Waals surface area (Å²) in [4.78, 5) is 7.33. The van der Waals surface area contributed by atoms with Crippen LogP contribution < -0.4 is 10.6 Å². The fourth-order valence-electron chi connectivity index (χ4n) is 3.03. The largest absolute Gasteiger partial charge is 0.357 e. The van der Waals surface area contributed by atoms with E-state index in [1.165, 1.54) is 50.8 Å². The monoisotopic (exact) mass is 456 g/mol. The maximum Gasteiger partial charge on any atom is 0.191 e. The molecule has 1 rings (SSSR count). The molecule has 1 atom stereocenters. The molecule has 6 heteroatoms. The van der Waals surface area contributed by atoms with Crippen LogP contribution in [0, 0.1) is 0 Å². The van der Waals surface area contributed by atoms with E-state index < -0.39 is 0 Å². The van der Waals surface area contributed by atoms with E-state index >= 15 is 0 Å². The molecule has 138 valence electrons. The van der Waals surface area contributed by atoms with Gasteiger partial charge in [0.2, 0.25) is 0 Å². The van der Waals surface area contributed by atoms with E-state index in [-0.39, 0.29) is 24.0 Å². The van der Waals surface area contributed by atoms with Gasteiger partial charge in [-0.1, -0.05) is 13.3 Å². The zero-order valence-electron chi connectivity index (χ0n) is 15.3. The lowest BCUT2D eigenvalue weighted by atomic mass is 10.0. The molecule has 1 saturated heterocycles. The van der Waals surface area contributed by atoms with Crippen LogP contribution in [0.4, 0.5) is 0 Å². The summed E-state index contributed by atoms with van der Waals surface area (Å²) >= 11 is 1.92. The van der Waals surface area contributed by atoms with Crippen molar-refractivity contribution in [1.82, 2.24) is 15.5 Å². The number of rotatable bonds is 10. The standard InChI is InChI=1S/C17H36N4S.HI/c1-4-16-10-6-8-13-21(16)14-12-20-17(18-5-2)19-11-7-9-15-22-3;/h16H,4-15H2,1-3H3,(H2,18,19,20);1H. The first-order valence-electron chi connectivity index (χ1n) is 9.07. The Bertz CT molecular complexity index is 302. The fraction of sp³-hybridized carbons (Fsp3) is 0.941. The van der Waals surface area contributed by atoms with Crippen LogP contribution in [0.1, 0.15) is 52.4 Å². The molecule has 1 aliphatic rings. The van der Waals surface area contributed by atoms with Crippen molar-refractivity contribution >= 4 is 41.7 Å². The molecule has 0 spiro atoms. The molecule has 0 bridgehead atoms. The number of halogens is 1. The van der Waals surface area contributed by atoms with Crippen LogP contribution in [-0.4, -0.2) is 61.6 Å². The molecule has 1 aliphatic heterocycles.